The van der Waals surface area contributed by atoms with Gasteiger partial charge in [-0.2, -0.15) is 0 Å². The molecule has 1 aliphatic rings. The number of anilines is 1. The number of nitrogens with zero attached hydrogens (tertiary/aromatic N) is 3. The Labute approximate surface area is 172 Å². The Balaban J connectivity index is 1.55. The van der Waals surface area contributed by atoms with Gasteiger partial charge < -0.3 is 14.5 Å². The van der Waals surface area contributed by atoms with E-state index < -0.39 is 0 Å². The van der Waals surface area contributed by atoms with Crippen molar-refractivity contribution in [3.05, 3.63) is 62.6 Å². The molecule has 0 aromatic heterocycles. The second kappa shape index (κ2) is 9.05. The Hall–Kier alpha value is -2.61. The largest absolute Gasteiger partial charge is 0.497 e. The highest BCUT2D eigenvalue weighted by atomic mass is 79.9. The summed E-state index contributed by atoms with van der Waals surface area (Å²) in [5, 5.41) is 11.3. The predicted molar refractivity (Wildman–Crippen MR) is 111 cm³/mol. The minimum atomic E-state index is -0.369. The molecule has 0 N–H and O–H groups in total. The molecule has 1 saturated heterocycles. The first-order valence-electron chi connectivity index (χ1n) is 9.07. The second-order valence-corrected chi connectivity index (χ2v) is 7.52. The van der Waals surface area contributed by atoms with Crippen molar-refractivity contribution in [2.45, 2.75) is 12.8 Å². The fraction of sp³-hybridized carbons (Fsp3) is 0.350. The van der Waals surface area contributed by atoms with Crippen LogP contribution in [0.25, 0.3) is 0 Å². The molecule has 8 heteroatoms. The fourth-order valence-corrected chi connectivity index (χ4v) is 3.66. The highest BCUT2D eigenvalue weighted by Crippen LogP contribution is 2.31. The van der Waals surface area contributed by atoms with Crippen LogP contribution in [-0.2, 0) is 11.2 Å². The molecule has 0 spiro atoms. The number of methoxy groups -OCH3 is 1. The van der Waals surface area contributed by atoms with Gasteiger partial charge in [0, 0.05) is 43.1 Å². The van der Waals surface area contributed by atoms with Gasteiger partial charge in [-0.15, -0.1) is 0 Å². The first kappa shape index (κ1) is 20.1. The number of rotatable bonds is 6. The smallest absolute Gasteiger partial charge is 0.293 e. The summed E-state index contributed by atoms with van der Waals surface area (Å²) < 4.78 is 5.82. The van der Waals surface area contributed by atoms with Gasteiger partial charge in [-0.05, 0) is 36.2 Å². The Bertz CT molecular complexity index is 849. The van der Waals surface area contributed by atoms with Crippen molar-refractivity contribution in [2.24, 2.45) is 0 Å². The lowest BCUT2D eigenvalue weighted by Crippen LogP contribution is -2.49. The maximum atomic E-state index is 12.5. The lowest BCUT2D eigenvalue weighted by Gasteiger charge is -2.36. The molecular formula is C20H22BrN3O4. The number of hydrogen-bond donors (Lipinski definition) is 0. The lowest BCUT2D eigenvalue weighted by atomic mass is 10.1. The summed E-state index contributed by atoms with van der Waals surface area (Å²) in [6.07, 6.45) is 1.13. The van der Waals surface area contributed by atoms with Crippen LogP contribution in [0.2, 0.25) is 0 Å². The Morgan fingerprint density at radius 2 is 1.82 bits per heavy atom. The van der Waals surface area contributed by atoms with Gasteiger partial charge in [0.1, 0.15) is 11.4 Å². The summed E-state index contributed by atoms with van der Waals surface area (Å²) >= 11 is 3.28. The van der Waals surface area contributed by atoms with Crippen LogP contribution in [0.15, 0.2) is 46.9 Å². The van der Waals surface area contributed by atoms with Crippen molar-refractivity contribution in [1.82, 2.24) is 4.90 Å². The average molecular weight is 448 g/mol. The molecule has 0 radical (unpaired) electrons. The molecule has 3 rings (SSSR count). The van der Waals surface area contributed by atoms with E-state index in [1.807, 2.05) is 34.1 Å². The van der Waals surface area contributed by atoms with Crippen molar-refractivity contribution in [3.63, 3.8) is 0 Å². The van der Waals surface area contributed by atoms with Crippen molar-refractivity contribution in [2.75, 3.05) is 38.2 Å². The predicted octanol–water partition coefficient (Wildman–Crippen LogP) is 3.65. The van der Waals surface area contributed by atoms with Crippen LogP contribution in [0.3, 0.4) is 0 Å². The Morgan fingerprint density at radius 3 is 2.43 bits per heavy atom. The quantitative estimate of drug-likeness (QED) is 0.498. The average Bonchev–Trinajstić information content (AvgIpc) is 2.72. The fourth-order valence-electron chi connectivity index (χ4n) is 3.31. The lowest BCUT2D eigenvalue weighted by molar-refractivity contribution is -0.384. The zero-order valence-corrected chi connectivity index (χ0v) is 17.2. The first-order valence-corrected chi connectivity index (χ1v) is 9.87. The van der Waals surface area contributed by atoms with Gasteiger partial charge in [-0.25, -0.2) is 0 Å². The normalized spacial score (nSPS) is 14.1. The summed E-state index contributed by atoms with van der Waals surface area (Å²) in [6, 6.07) is 12.8. The molecule has 28 heavy (non-hydrogen) atoms. The van der Waals surface area contributed by atoms with E-state index >= 15 is 0 Å². The van der Waals surface area contributed by atoms with Gasteiger partial charge in [-0.1, -0.05) is 28.1 Å². The maximum Gasteiger partial charge on any atom is 0.293 e. The summed E-state index contributed by atoms with van der Waals surface area (Å²) in [4.78, 5) is 27.3. The van der Waals surface area contributed by atoms with Crippen LogP contribution in [0.4, 0.5) is 11.4 Å². The number of nitro groups is 1. The third-order valence-corrected chi connectivity index (χ3v) is 5.39. The molecule has 0 saturated carbocycles. The van der Waals surface area contributed by atoms with Crippen LogP contribution in [0.5, 0.6) is 5.75 Å². The molecule has 0 bridgehead atoms. The minimum absolute atomic E-state index is 0.0775. The molecular weight excluding hydrogens is 426 g/mol. The molecule has 0 aliphatic carbocycles. The summed E-state index contributed by atoms with van der Waals surface area (Å²) in [7, 11) is 1.63. The van der Waals surface area contributed by atoms with E-state index in [9.17, 15) is 14.9 Å². The summed E-state index contributed by atoms with van der Waals surface area (Å²) in [5.41, 5.74) is 1.77. The molecule has 0 atom stereocenters. The zero-order valence-electron chi connectivity index (χ0n) is 15.6. The molecule has 148 valence electrons. The molecule has 1 fully saturated rings. The number of halogens is 1. The van der Waals surface area contributed by atoms with Crippen LogP contribution >= 0.6 is 15.9 Å². The van der Waals surface area contributed by atoms with Crippen molar-refractivity contribution < 1.29 is 14.5 Å². The first-order chi connectivity index (χ1) is 13.5. The number of carbonyl (C=O) groups excluding carboxylic acids is 1. The standard InChI is InChI=1S/C20H22BrN3O4/c1-28-17-6-2-15(3-7-17)4-9-20(25)23-12-10-22(11-13-23)18-8-5-16(21)14-19(18)24(26)27/h2-3,5-8,14H,4,9-13H2,1H3. The van der Waals surface area contributed by atoms with E-state index in [4.69, 9.17) is 4.74 Å². The topological polar surface area (TPSA) is 75.9 Å². The van der Waals surface area contributed by atoms with Gasteiger partial charge >= 0.3 is 0 Å². The van der Waals surface area contributed by atoms with E-state index in [2.05, 4.69) is 15.9 Å². The molecule has 1 amide bonds. The van der Waals surface area contributed by atoms with Gasteiger partial charge in [0.2, 0.25) is 5.91 Å². The van der Waals surface area contributed by atoms with Gasteiger partial charge in [0.25, 0.3) is 5.69 Å². The maximum absolute atomic E-state index is 12.5. The molecule has 2 aromatic carbocycles. The van der Waals surface area contributed by atoms with Gasteiger partial charge in [0.15, 0.2) is 0 Å². The van der Waals surface area contributed by atoms with Gasteiger partial charge in [-0.3, -0.25) is 14.9 Å². The number of carbonyl (C=O) groups is 1. The van der Waals surface area contributed by atoms with Crippen LogP contribution < -0.4 is 9.64 Å². The van der Waals surface area contributed by atoms with Crippen LogP contribution in [0, 0.1) is 10.1 Å². The zero-order chi connectivity index (χ0) is 20.1. The van der Waals surface area contributed by atoms with E-state index in [1.165, 1.54) is 6.07 Å². The summed E-state index contributed by atoms with van der Waals surface area (Å²) in [6.45, 7) is 2.29. The van der Waals surface area contributed by atoms with E-state index in [1.54, 1.807) is 19.2 Å². The van der Waals surface area contributed by atoms with E-state index in [0.29, 0.717) is 49.2 Å². The van der Waals surface area contributed by atoms with Crippen molar-refractivity contribution in [3.8, 4) is 5.75 Å². The number of piperazine rings is 1. The van der Waals surface area contributed by atoms with E-state index in [-0.39, 0.29) is 16.5 Å². The monoisotopic (exact) mass is 447 g/mol. The molecule has 2 aromatic rings. The number of benzene rings is 2. The molecule has 0 unspecified atom stereocenters. The minimum Gasteiger partial charge on any atom is -0.497 e. The summed E-state index contributed by atoms with van der Waals surface area (Å²) in [5.74, 6) is 0.911. The SMILES string of the molecule is COc1ccc(CCC(=O)N2CCN(c3ccc(Br)cc3[N+](=O)[O-])CC2)cc1. The number of hydrogen-bond acceptors (Lipinski definition) is 5. The highest BCUT2D eigenvalue weighted by Gasteiger charge is 2.25. The second-order valence-electron chi connectivity index (χ2n) is 6.61. The number of amides is 1. The van der Waals surface area contributed by atoms with Crippen LogP contribution in [0.1, 0.15) is 12.0 Å². The third-order valence-electron chi connectivity index (χ3n) is 4.89. The molecule has 7 nitrogen and oxygen atoms in total. The van der Waals surface area contributed by atoms with Gasteiger partial charge in [0.05, 0.1) is 12.0 Å². The molecule has 1 heterocycles. The van der Waals surface area contributed by atoms with Crippen molar-refractivity contribution >= 4 is 33.2 Å². The molecule has 1 aliphatic heterocycles. The van der Waals surface area contributed by atoms with Crippen molar-refractivity contribution in [1.29, 1.82) is 0 Å². The number of nitro benzene ring substituents is 1. The highest BCUT2D eigenvalue weighted by molar-refractivity contribution is 9.10. The number of aryl methyl sites for hydroxylation is 1. The van der Waals surface area contributed by atoms with E-state index in [0.717, 1.165) is 11.3 Å². The Morgan fingerprint density at radius 1 is 1.14 bits per heavy atom. The Kier molecular flexibility index (Phi) is 6.51. The third kappa shape index (κ3) is 4.81. The number of ether oxygens (including phenoxy) is 1. The van der Waals surface area contributed by atoms with Crippen LogP contribution in [-0.4, -0.2) is 49.0 Å².